The first-order valence-corrected chi connectivity index (χ1v) is 4.78. The van der Waals surface area contributed by atoms with Crippen LogP contribution in [0.25, 0.3) is 0 Å². The number of hydrogen-bond donors (Lipinski definition) is 0. The molecule has 0 atom stereocenters. The molecule has 0 bridgehead atoms. The van der Waals surface area contributed by atoms with Gasteiger partial charge < -0.3 is 0 Å². The van der Waals surface area contributed by atoms with Gasteiger partial charge in [-0.25, -0.2) is 0 Å². The molecule has 0 aliphatic heterocycles. The Morgan fingerprint density at radius 2 is 2.00 bits per heavy atom. The fraction of sp³-hybridized carbons (Fsp3) is 0.222. The third-order valence-electron chi connectivity index (χ3n) is 1.71. The second-order valence-electron chi connectivity index (χ2n) is 2.58. The second-order valence-corrected chi connectivity index (χ2v) is 3.14. The van der Waals surface area contributed by atoms with Crippen molar-refractivity contribution in [3.8, 4) is 6.07 Å². The molecule has 74 valence electrons. The number of benzene rings is 1. The predicted molar refractivity (Wildman–Crippen MR) is 48.8 cm³/mol. The van der Waals surface area contributed by atoms with E-state index in [-0.39, 0.29) is 10.9 Å². The highest BCUT2D eigenvalue weighted by atomic mass is 79.9. The lowest BCUT2D eigenvalue weighted by Gasteiger charge is -2.10. The number of nitriles is 1. The minimum absolute atomic E-state index is 0.236. The van der Waals surface area contributed by atoms with Gasteiger partial charge in [0.2, 0.25) is 0 Å². The zero-order valence-corrected chi connectivity index (χ0v) is 8.48. The molecule has 0 heterocycles. The molecule has 1 aromatic carbocycles. The number of alkyl halides is 4. The number of nitrogens with zero attached hydrogens (tertiary/aromatic N) is 1. The summed E-state index contributed by atoms with van der Waals surface area (Å²) in [6.45, 7) is 0. The van der Waals surface area contributed by atoms with Crippen molar-refractivity contribution in [2.24, 2.45) is 0 Å². The molecule has 0 saturated heterocycles. The molecule has 1 aromatic rings. The Morgan fingerprint density at radius 1 is 1.36 bits per heavy atom. The van der Waals surface area contributed by atoms with Gasteiger partial charge in [0.05, 0.1) is 11.1 Å². The smallest absolute Gasteiger partial charge is 0.192 e. The molecule has 0 N–H and O–H groups in total. The summed E-state index contributed by atoms with van der Waals surface area (Å²) in [5.41, 5.74) is -0.837. The van der Waals surface area contributed by atoms with Gasteiger partial charge in [0.25, 0.3) is 0 Å². The number of rotatable bonds is 1. The molecule has 0 aromatic heterocycles. The van der Waals surface area contributed by atoms with Crippen molar-refractivity contribution >= 4 is 15.9 Å². The summed E-state index contributed by atoms with van der Waals surface area (Å²) in [5, 5.41) is 8.86. The van der Waals surface area contributed by atoms with Crippen LogP contribution in [0.3, 0.4) is 0 Å². The Balaban J connectivity index is 3.39. The van der Waals surface area contributed by atoms with Gasteiger partial charge in [0.15, 0.2) is 0 Å². The van der Waals surface area contributed by atoms with Crippen molar-refractivity contribution in [1.29, 1.82) is 5.26 Å². The summed E-state index contributed by atoms with van der Waals surface area (Å²) < 4.78 is 37.2. The standard InChI is InChI=1S/C9H5BrF3N/c10-4-6-2-1-3-8(7(6)5-14)9(11,12)13/h1-3H,4H2. The van der Waals surface area contributed by atoms with Crippen LogP contribution in [0, 0.1) is 11.3 Å². The monoisotopic (exact) mass is 263 g/mol. The van der Waals surface area contributed by atoms with Crippen molar-refractivity contribution in [1.82, 2.24) is 0 Å². The number of hydrogen-bond acceptors (Lipinski definition) is 1. The van der Waals surface area contributed by atoms with Crippen molar-refractivity contribution in [2.75, 3.05) is 0 Å². The fourth-order valence-corrected chi connectivity index (χ4v) is 1.55. The van der Waals surface area contributed by atoms with E-state index >= 15 is 0 Å². The molecular formula is C9H5BrF3N. The van der Waals surface area contributed by atoms with Crippen molar-refractivity contribution in [3.63, 3.8) is 0 Å². The molecular weight excluding hydrogens is 259 g/mol. The van der Waals surface area contributed by atoms with Crippen LogP contribution in [-0.2, 0) is 11.5 Å². The lowest BCUT2D eigenvalue weighted by atomic mass is 10.0. The first kappa shape index (κ1) is 11.1. The Labute approximate surface area is 87.3 Å². The fourth-order valence-electron chi connectivity index (χ4n) is 1.08. The van der Waals surface area contributed by atoms with Gasteiger partial charge in [0, 0.05) is 5.33 Å². The number of halogens is 4. The van der Waals surface area contributed by atoms with Crippen LogP contribution in [-0.4, -0.2) is 0 Å². The van der Waals surface area contributed by atoms with Crippen LogP contribution >= 0.6 is 15.9 Å². The van der Waals surface area contributed by atoms with Crippen LogP contribution in [0.2, 0.25) is 0 Å². The van der Waals surface area contributed by atoms with E-state index in [0.717, 1.165) is 6.07 Å². The predicted octanol–water partition coefficient (Wildman–Crippen LogP) is 3.47. The maximum Gasteiger partial charge on any atom is 0.417 e. The van der Waals surface area contributed by atoms with Crippen LogP contribution in [0.1, 0.15) is 16.7 Å². The van der Waals surface area contributed by atoms with E-state index in [2.05, 4.69) is 15.9 Å². The maximum atomic E-state index is 12.4. The van der Waals surface area contributed by atoms with Gasteiger partial charge in [-0.1, -0.05) is 28.1 Å². The van der Waals surface area contributed by atoms with E-state index in [1.807, 2.05) is 0 Å². The minimum Gasteiger partial charge on any atom is -0.192 e. The Bertz CT molecular complexity index is 379. The molecule has 0 fully saturated rings. The zero-order chi connectivity index (χ0) is 10.8. The largest absolute Gasteiger partial charge is 0.417 e. The van der Waals surface area contributed by atoms with Crippen molar-refractivity contribution in [3.05, 3.63) is 34.9 Å². The quantitative estimate of drug-likeness (QED) is 0.712. The van der Waals surface area contributed by atoms with Crippen LogP contribution in [0.15, 0.2) is 18.2 Å². The van der Waals surface area contributed by atoms with Crippen LogP contribution in [0.5, 0.6) is 0 Å². The summed E-state index contributed by atoms with van der Waals surface area (Å²) in [6.07, 6.45) is -4.47. The highest BCUT2D eigenvalue weighted by Crippen LogP contribution is 2.33. The van der Waals surface area contributed by atoms with E-state index in [9.17, 15) is 13.2 Å². The summed E-state index contributed by atoms with van der Waals surface area (Å²) in [4.78, 5) is 0. The first-order valence-electron chi connectivity index (χ1n) is 3.66. The third-order valence-corrected chi connectivity index (χ3v) is 2.32. The normalized spacial score (nSPS) is 11.1. The van der Waals surface area contributed by atoms with E-state index < -0.39 is 11.7 Å². The minimum atomic E-state index is -4.47. The molecule has 5 heteroatoms. The van der Waals surface area contributed by atoms with Gasteiger partial charge in [-0.2, -0.15) is 18.4 Å². The summed E-state index contributed by atoms with van der Waals surface area (Å²) in [5.74, 6) is 0. The summed E-state index contributed by atoms with van der Waals surface area (Å²) in [6, 6.07) is 5.26. The van der Waals surface area contributed by atoms with Gasteiger partial charge >= 0.3 is 6.18 Å². The lowest BCUT2D eigenvalue weighted by Crippen LogP contribution is -2.09. The average molecular weight is 264 g/mol. The molecule has 0 amide bonds. The highest BCUT2D eigenvalue weighted by Gasteiger charge is 2.34. The summed E-state index contributed by atoms with van der Waals surface area (Å²) >= 11 is 3.03. The molecule has 1 nitrogen and oxygen atoms in total. The van der Waals surface area contributed by atoms with Crippen molar-refractivity contribution < 1.29 is 13.2 Å². The van der Waals surface area contributed by atoms with E-state index in [1.54, 1.807) is 6.07 Å². The van der Waals surface area contributed by atoms with Gasteiger partial charge in [-0.15, -0.1) is 0 Å². The van der Waals surface area contributed by atoms with E-state index in [1.165, 1.54) is 12.1 Å². The van der Waals surface area contributed by atoms with E-state index in [4.69, 9.17) is 5.26 Å². The molecule has 0 radical (unpaired) electrons. The topological polar surface area (TPSA) is 23.8 Å². The lowest BCUT2D eigenvalue weighted by molar-refractivity contribution is -0.137. The van der Waals surface area contributed by atoms with Crippen molar-refractivity contribution in [2.45, 2.75) is 11.5 Å². The summed E-state index contributed by atoms with van der Waals surface area (Å²) in [7, 11) is 0. The molecule has 0 aliphatic carbocycles. The third kappa shape index (κ3) is 2.07. The average Bonchev–Trinajstić information content (AvgIpc) is 2.15. The SMILES string of the molecule is N#Cc1c(CBr)cccc1C(F)(F)F. The molecule has 0 spiro atoms. The maximum absolute atomic E-state index is 12.4. The molecule has 14 heavy (non-hydrogen) atoms. The van der Waals surface area contributed by atoms with Crippen LogP contribution in [0.4, 0.5) is 13.2 Å². The second kappa shape index (κ2) is 4.01. The van der Waals surface area contributed by atoms with Gasteiger partial charge in [-0.3, -0.25) is 0 Å². The zero-order valence-electron chi connectivity index (χ0n) is 6.90. The molecule has 0 aliphatic rings. The Morgan fingerprint density at radius 3 is 2.43 bits per heavy atom. The highest BCUT2D eigenvalue weighted by molar-refractivity contribution is 9.08. The van der Waals surface area contributed by atoms with Gasteiger partial charge in [-0.05, 0) is 11.6 Å². The first-order chi connectivity index (χ1) is 6.50. The Hall–Kier alpha value is -1.02. The van der Waals surface area contributed by atoms with Gasteiger partial charge in [0.1, 0.15) is 6.07 Å². The van der Waals surface area contributed by atoms with Crippen LogP contribution < -0.4 is 0 Å². The molecule has 0 saturated carbocycles. The molecule has 1 rings (SSSR count). The molecule has 0 unspecified atom stereocenters. The van der Waals surface area contributed by atoms with E-state index in [0.29, 0.717) is 5.56 Å². The Kier molecular flexibility index (Phi) is 3.17.